The minimum Gasteiger partial charge on any atom is -0.352 e. The van der Waals surface area contributed by atoms with Crippen LogP contribution in [0.4, 0.5) is 5.82 Å². The number of amides is 1. The first-order valence-corrected chi connectivity index (χ1v) is 8.93. The summed E-state index contributed by atoms with van der Waals surface area (Å²) in [6.45, 7) is 2.26. The summed E-state index contributed by atoms with van der Waals surface area (Å²) < 4.78 is 1.41. The topological polar surface area (TPSA) is 95.1 Å². The molecule has 0 bridgehead atoms. The number of carbonyl (C=O) groups is 1. The molecule has 0 atom stereocenters. The highest BCUT2D eigenvalue weighted by Crippen LogP contribution is 2.19. The van der Waals surface area contributed by atoms with Crippen molar-refractivity contribution in [1.82, 2.24) is 19.4 Å². The van der Waals surface area contributed by atoms with Crippen molar-refractivity contribution in [2.24, 2.45) is 7.05 Å². The Labute approximate surface area is 161 Å². The van der Waals surface area contributed by atoms with Gasteiger partial charge in [0.15, 0.2) is 0 Å². The van der Waals surface area contributed by atoms with Gasteiger partial charge in [-0.1, -0.05) is 0 Å². The van der Waals surface area contributed by atoms with Gasteiger partial charge in [-0.3, -0.25) is 9.59 Å². The van der Waals surface area contributed by atoms with Gasteiger partial charge in [-0.25, -0.2) is 9.97 Å². The van der Waals surface area contributed by atoms with Gasteiger partial charge in [-0.05, 0) is 30.3 Å². The number of anilines is 1. The molecule has 0 aliphatic carbocycles. The van der Waals surface area contributed by atoms with Gasteiger partial charge in [0.25, 0.3) is 11.5 Å². The monoisotopic (exact) mass is 374 g/mol. The number of hydrogen-bond donors (Lipinski definition) is 0. The molecule has 3 heterocycles. The number of aromatic nitrogens is 3. The standard InChI is InChI=1S/C20H18N6O2/c1-24-13-23-17-11-14(4-5-16(17)20(24)28)19(27)26-9-7-25(8-10-26)18-15(12-21)3-2-6-22-18/h2-6,11,13H,7-10H2,1H3. The highest BCUT2D eigenvalue weighted by Gasteiger charge is 2.24. The lowest BCUT2D eigenvalue weighted by Crippen LogP contribution is -2.49. The van der Waals surface area contributed by atoms with E-state index in [4.69, 9.17) is 0 Å². The molecule has 3 aromatic rings. The quantitative estimate of drug-likeness (QED) is 0.668. The van der Waals surface area contributed by atoms with Gasteiger partial charge in [0, 0.05) is 45.0 Å². The molecule has 0 saturated carbocycles. The van der Waals surface area contributed by atoms with Gasteiger partial charge < -0.3 is 14.4 Å². The Morgan fingerprint density at radius 3 is 2.68 bits per heavy atom. The molecule has 1 saturated heterocycles. The Morgan fingerprint density at radius 2 is 1.93 bits per heavy atom. The third-order valence-corrected chi connectivity index (χ3v) is 4.94. The van der Waals surface area contributed by atoms with Crippen LogP contribution in [0.25, 0.3) is 10.9 Å². The molecule has 140 valence electrons. The highest BCUT2D eigenvalue weighted by atomic mass is 16.2. The Kier molecular flexibility index (Phi) is 4.49. The van der Waals surface area contributed by atoms with E-state index >= 15 is 0 Å². The molecule has 4 rings (SSSR count). The predicted molar refractivity (Wildman–Crippen MR) is 104 cm³/mol. The number of nitrogens with zero attached hydrogens (tertiary/aromatic N) is 6. The summed E-state index contributed by atoms with van der Waals surface area (Å²) >= 11 is 0. The first-order valence-electron chi connectivity index (χ1n) is 8.93. The van der Waals surface area contributed by atoms with Crippen LogP contribution in [0.3, 0.4) is 0 Å². The SMILES string of the molecule is Cn1cnc2cc(C(=O)N3CCN(c4ncccc4C#N)CC3)ccc2c1=O. The van der Waals surface area contributed by atoms with E-state index in [0.29, 0.717) is 54.0 Å². The summed E-state index contributed by atoms with van der Waals surface area (Å²) in [5.41, 5.74) is 1.42. The summed E-state index contributed by atoms with van der Waals surface area (Å²) in [6.07, 6.45) is 3.12. The van der Waals surface area contributed by atoms with Crippen molar-refractivity contribution < 1.29 is 4.79 Å². The molecule has 0 spiro atoms. The normalized spacial score (nSPS) is 14.1. The van der Waals surface area contributed by atoms with Crippen LogP contribution in [0.1, 0.15) is 15.9 Å². The van der Waals surface area contributed by atoms with Crippen molar-refractivity contribution >= 4 is 22.6 Å². The zero-order chi connectivity index (χ0) is 19.7. The molecule has 0 N–H and O–H groups in total. The summed E-state index contributed by atoms with van der Waals surface area (Å²) in [4.78, 5) is 37.4. The van der Waals surface area contributed by atoms with E-state index in [9.17, 15) is 14.9 Å². The first-order chi connectivity index (χ1) is 13.6. The Bertz CT molecular complexity index is 1160. The van der Waals surface area contributed by atoms with Crippen molar-refractivity contribution in [3.05, 3.63) is 64.3 Å². The second kappa shape index (κ2) is 7.12. The summed E-state index contributed by atoms with van der Waals surface area (Å²) in [5.74, 6) is 0.563. The maximum atomic E-state index is 12.9. The second-order valence-corrected chi connectivity index (χ2v) is 6.66. The molecule has 28 heavy (non-hydrogen) atoms. The summed E-state index contributed by atoms with van der Waals surface area (Å²) in [5, 5.41) is 9.74. The van der Waals surface area contributed by atoms with Gasteiger partial charge in [0.1, 0.15) is 11.9 Å². The zero-order valence-electron chi connectivity index (χ0n) is 15.4. The van der Waals surface area contributed by atoms with Crippen molar-refractivity contribution in [1.29, 1.82) is 5.26 Å². The maximum absolute atomic E-state index is 12.9. The average Bonchev–Trinajstić information content (AvgIpc) is 2.75. The number of nitriles is 1. The molecule has 1 aliphatic heterocycles. The van der Waals surface area contributed by atoms with Crippen molar-refractivity contribution in [3.8, 4) is 6.07 Å². The molecular weight excluding hydrogens is 356 g/mol. The Morgan fingerprint density at radius 1 is 1.14 bits per heavy atom. The number of piperazine rings is 1. The van der Waals surface area contributed by atoms with Crippen LogP contribution in [0, 0.1) is 11.3 Å². The molecule has 2 aromatic heterocycles. The fourth-order valence-electron chi connectivity index (χ4n) is 3.38. The maximum Gasteiger partial charge on any atom is 0.260 e. The molecule has 0 unspecified atom stereocenters. The Hall–Kier alpha value is -3.73. The molecule has 0 radical (unpaired) electrons. The van der Waals surface area contributed by atoms with Gasteiger partial charge in [-0.15, -0.1) is 0 Å². The van der Waals surface area contributed by atoms with E-state index in [0.717, 1.165) is 0 Å². The third-order valence-electron chi connectivity index (χ3n) is 4.94. The molecule has 1 aliphatic rings. The number of rotatable bonds is 2. The smallest absolute Gasteiger partial charge is 0.260 e. The third kappa shape index (κ3) is 3.07. The number of benzene rings is 1. The van der Waals surface area contributed by atoms with E-state index in [1.165, 1.54) is 10.9 Å². The Balaban J connectivity index is 1.51. The van der Waals surface area contributed by atoms with E-state index in [-0.39, 0.29) is 11.5 Å². The number of carbonyl (C=O) groups excluding carboxylic acids is 1. The highest BCUT2D eigenvalue weighted by molar-refractivity contribution is 5.97. The van der Waals surface area contributed by atoms with E-state index in [2.05, 4.69) is 16.0 Å². The fourth-order valence-corrected chi connectivity index (χ4v) is 3.38. The summed E-state index contributed by atoms with van der Waals surface area (Å²) in [7, 11) is 1.65. The lowest BCUT2D eigenvalue weighted by molar-refractivity contribution is 0.0746. The van der Waals surface area contributed by atoms with Crippen LogP contribution in [0.15, 0.2) is 47.7 Å². The minimum atomic E-state index is -0.138. The van der Waals surface area contributed by atoms with Crippen LogP contribution in [0.5, 0.6) is 0 Å². The van der Waals surface area contributed by atoms with Gasteiger partial charge in [0.2, 0.25) is 0 Å². The number of fused-ring (bicyclic) bond motifs is 1. The van der Waals surface area contributed by atoms with E-state index in [1.54, 1.807) is 48.5 Å². The van der Waals surface area contributed by atoms with Crippen LogP contribution in [-0.4, -0.2) is 51.5 Å². The van der Waals surface area contributed by atoms with Crippen LogP contribution in [-0.2, 0) is 7.05 Å². The van der Waals surface area contributed by atoms with Crippen molar-refractivity contribution in [2.45, 2.75) is 0 Å². The van der Waals surface area contributed by atoms with Crippen LogP contribution in [0.2, 0.25) is 0 Å². The van der Waals surface area contributed by atoms with Gasteiger partial charge >= 0.3 is 0 Å². The lowest BCUT2D eigenvalue weighted by Gasteiger charge is -2.35. The lowest BCUT2D eigenvalue weighted by atomic mass is 10.1. The largest absolute Gasteiger partial charge is 0.352 e. The number of hydrogen-bond acceptors (Lipinski definition) is 6. The average molecular weight is 374 g/mol. The minimum absolute atomic E-state index is 0.0921. The van der Waals surface area contributed by atoms with Crippen LogP contribution < -0.4 is 10.5 Å². The zero-order valence-corrected chi connectivity index (χ0v) is 15.4. The number of pyridine rings is 1. The van der Waals surface area contributed by atoms with Crippen LogP contribution >= 0.6 is 0 Å². The molecular formula is C20H18N6O2. The van der Waals surface area contributed by atoms with Crippen molar-refractivity contribution in [2.75, 3.05) is 31.1 Å². The van der Waals surface area contributed by atoms with E-state index < -0.39 is 0 Å². The predicted octanol–water partition coefficient (Wildman–Crippen LogP) is 1.16. The molecule has 1 aromatic carbocycles. The van der Waals surface area contributed by atoms with Crippen molar-refractivity contribution in [3.63, 3.8) is 0 Å². The van der Waals surface area contributed by atoms with Gasteiger partial charge in [-0.2, -0.15) is 5.26 Å². The second-order valence-electron chi connectivity index (χ2n) is 6.66. The first kappa shape index (κ1) is 17.7. The van der Waals surface area contributed by atoms with Gasteiger partial charge in [0.05, 0.1) is 22.8 Å². The molecule has 8 nitrogen and oxygen atoms in total. The summed E-state index contributed by atoms with van der Waals surface area (Å²) in [6, 6.07) is 10.6. The molecule has 1 fully saturated rings. The molecule has 8 heteroatoms. The molecule has 1 amide bonds. The van der Waals surface area contributed by atoms with E-state index in [1.807, 2.05) is 4.90 Å². The fraction of sp³-hybridized carbons (Fsp3) is 0.250. The number of aryl methyl sites for hydroxylation is 1.